The van der Waals surface area contributed by atoms with Crippen LogP contribution in [-0.2, 0) is 14.4 Å². The third-order valence-corrected chi connectivity index (χ3v) is 3.68. The molecule has 0 unspecified atom stereocenters. The van der Waals surface area contributed by atoms with Crippen molar-refractivity contribution in [2.24, 2.45) is 0 Å². The monoisotopic (exact) mass is 338 g/mol. The zero-order chi connectivity index (χ0) is 16.9. The molecule has 0 aliphatic carbocycles. The SMILES string of the molecule is O=C(NOS(=O)(=O)c1ccc([N+](=O)[O-])cc1)Oc1ccccc1. The van der Waals surface area contributed by atoms with Gasteiger partial charge < -0.3 is 4.74 Å². The highest BCUT2D eigenvalue weighted by Crippen LogP contribution is 2.17. The summed E-state index contributed by atoms with van der Waals surface area (Å²) in [5.41, 5.74) is 1.35. The molecule has 120 valence electrons. The van der Waals surface area contributed by atoms with E-state index in [2.05, 4.69) is 4.28 Å². The lowest BCUT2D eigenvalue weighted by Crippen LogP contribution is -2.29. The number of benzene rings is 2. The van der Waals surface area contributed by atoms with Gasteiger partial charge >= 0.3 is 16.2 Å². The van der Waals surface area contributed by atoms with Gasteiger partial charge in [0.2, 0.25) is 0 Å². The Balaban J connectivity index is 1.98. The van der Waals surface area contributed by atoms with Gasteiger partial charge in [-0.2, -0.15) is 13.9 Å². The summed E-state index contributed by atoms with van der Waals surface area (Å²) < 4.78 is 32.7. The fourth-order valence-electron chi connectivity index (χ4n) is 1.49. The Morgan fingerprint density at radius 2 is 1.65 bits per heavy atom. The molecule has 9 nitrogen and oxygen atoms in total. The van der Waals surface area contributed by atoms with E-state index in [-0.39, 0.29) is 16.3 Å². The number of nitro groups is 1. The van der Waals surface area contributed by atoms with Crippen LogP contribution in [-0.4, -0.2) is 19.4 Å². The summed E-state index contributed by atoms with van der Waals surface area (Å²) in [7, 11) is -4.32. The van der Waals surface area contributed by atoms with Gasteiger partial charge in [0.1, 0.15) is 5.75 Å². The fraction of sp³-hybridized carbons (Fsp3) is 0. The van der Waals surface area contributed by atoms with Crippen molar-refractivity contribution in [3.8, 4) is 5.75 Å². The van der Waals surface area contributed by atoms with E-state index in [0.29, 0.717) is 0 Å². The minimum Gasteiger partial charge on any atom is -0.409 e. The van der Waals surface area contributed by atoms with E-state index in [4.69, 9.17) is 4.74 Å². The first-order valence-corrected chi connectivity index (χ1v) is 7.50. The van der Waals surface area contributed by atoms with Crippen LogP contribution >= 0.6 is 0 Å². The van der Waals surface area contributed by atoms with Crippen LogP contribution in [0, 0.1) is 10.1 Å². The first-order valence-electron chi connectivity index (χ1n) is 6.09. The van der Waals surface area contributed by atoms with Crippen LogP contribution in [0.3, 0.4) is 0 Å². The second-order valence-corrected chi connectivity index (χ2v) is 5.64. The lowest BCUT2D eigenvalue weighted by atomic mass is 10.3. The van der Waals surface area contributed by atoms with Crippen LogP contribution in [0.25, 0.3) is 0 Å². The molecule has 0 atom stereocenters. The molecule has 0 heterocycles. The predicted octanol–water partition coefficient (Wildman–Crippen LogP) is 2.00. The third-order valence-electron chi connectivity index (χ3n) is 2.52. The van der Waals surface area contributed by atoms with E-state index >= 15 is 0 Å². The van der Waals surface area contributed by atoms with E-state index in [1.165, 1.54) is 12.1 Å². The Kier molecular flexibility index (Phi) is 4.88. The second kappa shape index (κ2) is 6.85. The molecule has 2 aromatic rings. The average Bonchev–Trinajstić information content (AvgIpc) is 2.54. The highest BCUT2D eigenvalue weighted by atomic mass is 32.2. The molecule has 0 saturated carbocycles. The van der Waals surface area contributed by atoms with Crippen LogP contribution < -0.4 is 10.2 Å². The number of hydrogen-bond donors (Lipinski definition) is 1. The molecule has 0 radical (unpaired) electrons. The zero-order valence-electron chi connectivity index (χ0n) is 11.4. The number of nitro benzene ring substituents is 1. The van der Waals surface area contributed by atoms with Crippen LogP contribution in [0.5, 0.6) is 5.75 Å². The van der Waals surface area contributed by atoms with Crippen LogP contribution in [0.2, 0.25) is 0 Å². The number of ether oxygens (including phenoxy) is 1. The highest BCUT2D eigenvalue weighted by molar-refractivity contribution is 7.86. The number of carbonyl (C=O) groups excluding carboxylic acids is 1. The van der Waals surface area contributed by atoms with E-state index in [0.717, 1.165) is 24.3 Å². The quantitative estimate of drug-likeness (QED) is 0.653. The molecule has 2 aromatic carbocycles. The molecule has 23 heavy (non-hydrogen) atoms. The summed E-state index contributed by atoms with van der Waals surface area (Å²) in [6.07, 6.45) is -1.14. The van der Waals surface area contributed by atoms with Gasteiger partial charge in [0.15, 0.2) is 0 Å². The molecule has 10 heteroatoms. The number of nitrogens with zero attached hydrogens (tertiary/aromatic N) is 1. The Bertz CT molecular complexity index is 804. The molecule has 1 N–H and O–H groups in total. The van der Waals surface area contributed by atoms with Gasteiger partial charge in [-0.25, -0.2) is 4.79 Å². The molecule has 0 spiro atoms. The van der Waals surface area contributed by atoms with Crippen molar-refractivity contribution in [3.05, 3.63) is 64.7 Å². The molecule has 0 aliphatic rings. The molecule has 0 aliphatic heterocycles. The Labute approximate surface area is 130 Å². The van der Waals surface area contributed by atoms with Gasteiger partial charge in [-0.3, -0.25) is 10.1 Å². The third kappa shape index (κ3) is 4.49. The summed E-state index contributed by atoms with van der Waals surface area (Å²) in [4.78, 5) is 20.9. The Hall–Kier alpha value is -2.98. The fourth-order valence-corrected chi connectivity index (χ4v) is 2.23. The summed E-state index contributed by atoms with van der Waals surface area (Å²) >= 11 is 0. The van der Waals surface area contributed by atoms with Gasteiger partial charge in [0.05, 0.1) is 9.82 Å². The van der Waals surface area contributed by atoms with Crippen molar-refractivity contribution in [1.82, 2.24) is 5.48 Å². The van der Waals surface area contributed by atoms with Gasteiger partial charge in [-0.1, -0.05) is 18.2 Å². The molecular formula is C13H10N2O7S. The summed E-state index contributed by atoms with van der Waals surface area (Å²) in [6, 6.07) is 11.9. The van der Waals surface area contributed by atoms with E-state index < -0.39 is 21.1 Å². The van der Waals surface area contributed by atoms with Crippen molar-refractivity contribution in [3.63, 3.8) is 0 Å². The first-order chi connectivity index (χ1) is 10.9. The molecule has 0 fully saturated rings. The molecule has 1 amide bonds. The summed E-state index contributed by atoms with van der Waals surface area (Å²) in [6.45, 7) is 0. The number of amides is 1. The number of hydrogen-bond acceptors (Lipinski definition) is 7. The molecule has 0 aromatic heterocycles. The van der Waals surface area contributed by atoms with Crippen molar-refractivity contribution >= 4 is 21.9 Å². The maximum Gasteiger partial charge on any atom is 0.437 e. The van der Waals surface area contributed by atoms with E-state index in [1.54, 1.807) is 23.7 Å². The smallest absolute Gasteiger partial charge is 0.409 e. The van der Waals surface area contributed by atoms with Crippen molar-refractivity contribution in [1.29, 1.82) is 0 Å². The van der Waals surface area contributed by atoms with Gasteiger partial charge in [0, 0.05) is 12.1 Å². The van der Waals surface area contributed by atoms with Crippen LogP contribution in [0.1, 0.15) is 0 Å². The first kappa shape index (κ1) is 16.4. The minimum absolute atomic E-state index is 0.196. The average molecular weight is 338 g/mol. The Morgan fingerprint density at radius 3 is 2.22 bits per heavy atom. The molecule has 0 saturated heterocycles. The predicted molar refractivity (Wildman–Crippen MR) is 77.0 cm³/mol. The van der Waals surface area contributed by atoms with Crippen LogP contribution in [0.4, 0.5) is 10.5 Å². The Morgan fingerprint density at radius 1 is 1.04 bits per heavy atom. The lowest BCUT2D eigenvalue weighted by Gasteiger charge is -2.07. The number of rotatable bonds is 5. The lowest BCUT2D eigenvalue weighted by molar-refractivity contribution is -0.384. The van der Waals surface area contributed by atoms with E-state index in [9.17, 15) is 23.3 Å². The summed E-state index contributed by atoms with van der Waals surface area (Å²) in [5, 5.41) is 10.5. The van der Waals surface area contributed by atoms with E-state index in [1.807, 2.05) is 0 Å². The van der Waals surface area contributed by atoms with Crippen molar-refractivity contribution in [2.45, 2.75) is 4.90 Å². The minimum atomic E-state index is -4.32. The highest BCUT2D eigenvalue weighted by Gasteiger charge is 2.19. The number of nitrogens with one attached hydrogen (secondary N) is 1. The standard InChI is InChI=1S/C13H10N2O7S/c16-13(21-11-4-2-1-3-5-11)14-22-23(19,20)12-8-6-10(7-9-12)15(17)18/h1-9H,(H,14,16). The van der Waals surface area contributed by atoms with Gasteiger partial charge in [-0.15, -0.1) is 4.28 Å². The largest absolute Gasteiger partial charge is 0.437 e. The number of hydroxylamine groups is 1. The molecule has 0 bridgehead atoms. The van der Waals surface area contributed by atoms with Gasteiger partial charge in [-0.05, 0) is 24.3 Å². The normalized spacial score (nSPS) is 10.8. The van der Waals surface area contributed by atoms with Crippen molar-refractivity contribution < 1.29 is 27.2 Å². The maximum atomic E-state index is 11.8. The summed E-state index contributed by atoms with van der Waals surface area (Å²) in [5.74, 6) is 0.196. The molecule has 2 rings (SSSR count). The maximum absolute atomic E-state index is 11.8. The topological polar surface area (TPSA) is 125 Å². The zero-order valence-corrected chi connectivity index (χ0v) is 12.2. The van der Waals surface area contributed by atoms with Crippen LogP contribution in [0.15, 0.2) is 59.5 Å². The molecular weight excluding hydrogens is 328 g/mol. The van der Waals surface area contributed by atoms with Crippen molar-refractivity contribution in [2.75, 3.05) is 0 Å². The van der Waals surface area contributed by atoms with Gasteiger partial charge in [0.25, 0.3) is 5.69 Å². The second-order valence-electron chi connectivity index (χ2n) is 4.09. The number of para-hydroxylation sites is 1. The number of non-ortho nitro benzene ring substituents is 1. The number of carbonyl (C=O) groups is 1.